The number of halogens is 1. The van der Waals surface area contributed by atoms with E-state index in [0.29, 0.717) is 0 Å². The third-order valence-electron chi connectivity index (χ3n) is 3.48. The predicted octanol–water partition coefficient (Wildman–Crippen LogP) is 3.01. The molecule has 1 saturated carbocycles. The van der Waals surface area contributed by atoms with Gasteiger partial charge in [-0.1, -0.05) is 18.2 Å². The summed E-state index contributed by atoms with van der Waals surface area (Å²) < 4.78 is 3.31. The van der Waals surface area contributed by atoms with E-state index in [-0.39, 0.29) is 0 Å². The Balaban J connectivity index is 2.16. The number of fused-ring (bicyclic) bond motifs is 1. The molecule has 1 aromatic heterocycles. The quantitative estimate of drug-likeness (QED) is 0.898. The molecular weight excluding hydrogens is 266 g/mol. The van der Waals surface area contributed by atoms with Crippen LogP contribution < -0.4 is 0 Å². The second-order valence-corrected chi connectivity index (χ2v) is 5.53. The third-order valence-corrected chi connectivity index (χ3v) is 4.37. The van der Waals surface area contributed by atoms with E-state index in [2.05, 4.69) is 39.7 Å². The number of nitrogens with zero attached hydrogens (tertiary/aromatic N) is 1. The summed E-state index contributed by atoms with van der Waals surface area (Å²) >= 11 is 3.65. The number of hydrogen-bond acceptors (Lipinski definition) is 1. The molecule has 3 rings (SSSR count). The minimum absolute atomic E-state index is 0.440. The van der Waals surface area contributed by atoms with Gasteiger partial charge in [0.2, 0.25) is 0 Å². The van der Waals surface area contributed by atoms with Gasteiger partial charge in [0.25, 0.3) is 0 Å². The molecule has 0 atom stereocenters. The molecule has 84 valence electrons. The number of aliphatic hydroxyl groups is 1. The largest absolute Gasteiger partial charge is 0.389 e. The van der Waals surface area contributed by atoms with Crippen molar-refractivity contribution in [3.8, 4) is 0 Å². The smallest absolute Gasteiger partial charge is 0.0704 e. The highest BCUT2D eigenvalue weighted by Crippen LogP contribution is 2.41. The predicted molar refractivity (Wildman–Crippen MR) is 68.5 cm³/mol. The summed E-state index contributed by atoms with van der Waals surface area (Å²) in [6.07, 6.45) is 2.61. The minimum atomic E-state index is -0.440. The Hall–Kier alpha value is -0.800. The van der Waals surface area contributed by atoms with E-state index in [1.54, 1.807) is 0 Å². The van der Waals surface area contributed by atoms with Crippen molar-refractivity contribution in [1.82, 2.24) is 4.57 Å². The highest BCUT2D eigenvalue weighted by atomic mass is 79.9. The molecule has 0 aliphatic heterocycles. The molecule has 2 nitrogen and oxygen atoms in total. The summed E-state index contributed by atoms with van der Waals surface area (Å²) in [6.45, 7) is 0. The van der Waals surface area contributed by atoms with E-state index >= 15 is 0 Å². The normalized spacial score (nSPS) is 17.9. The van der Waals surface area contributed by atoms with E-state index in [9.17, 15) is 5.11 Å². The van der Waals surface area contributed by atoms with Gasteiger partial charge < -0.3 is 9.67 Å². The van der Waals surface area contributed by atoms with E-state index in [1.807, 2.05) is 12.1 Å². The fourth-order valence-corrected chi connectivity index (χ4v) is 2.97. The molecule has 3 heteroatoms. The van der Waals surface area contributed by atoms with Crippen LogP contribution in [0.4, 0.5) is 0 Å². The maximum absolute atomic E-state index is 10.0. The van der Waals surface area contributed by atoms with E-state index in [4.69, 9.17) is 0 Å². The lowest BCUT2D eigenvalue weighted by molar-refractivity contribution is 0.149. The van der Waals surface area contributed by atoms with Crippen LogP contribution in [-0.2, 0) is 13.5 Å². The summed E-state index contributed by atoms with van der Waals surface area (Å²) in [4.78, 5) is 0. The van der Waals surface area contributed by atoms with Crippen molar-refractivity contribution in [2.45, 2.75) is 24.9 Å². The summed E-state index contributed by atoms with van der Waals surface area (Å²) in [6, 6.07) is 8.31. The molecule has 1 aromatic carbocycles. The maximum atomic E-state index is 10.0. The van der Waals surface area contributed by atoms with Gasteiger partial charge in [0.1, 0.15) is 0 Å². The molecule has 0 radical (unpaired) electrons. The molecule has 1 fully saturated rings. The van der Waals surface area contributed by atoms with Gasteiger partial charge in [0, 0.05) is 34.5 Å². The Morgan fingerprint density at radius 3 is 2.69 bits per heavy atom. The van der Waals surface area contributed by atoms with Crippen LogP contribution in [0.1, 0.15) is 18.5 Å². The molecule has 0 spiro atoms. The fourth-order valence-electron chi connectivity index (χ4n) is 2.23. The Bertz CT molecular complexity index is 515. The van der Waals surface area contributed by atoms with Crippen LogP contribution in [0.5, 0.6) is 0 Å². The highest BCUT2D eigenvalue weighted by Gasteiger charge is 2.41. The van der Waals surface area contributed by atoms with E-state index in [0.717, 1.165) is 23.7 Å². The van der Waals surface area contributed by atoms with Crippen molar-refractivity contribution < 1.29 is 5.11 Å². The third kappa shape index (κ3) is 1.50. The molecule has 0 amide bonds. The van der Waals surface area contributed by atoms with Crippen molar-refractivity contribution in [2.24, 2.45) is 7.05 Å². The van der Waals surface area contributed by atoms with Crippen LogP contribution in [0, 0.1) is 0 Å². The SMILES string of the molecule is Cn1c(CC2(O)CC2)c(Br)c2ccccc21. The molecule has 0 unspecified atom stereocenters. The lowest BCUT2D eigenvalue weighted by atomic mass is 10.1. The first-order chi connectivity index (χ1) is 7.61. The van der Waals surface area contributed by atoms with Gasteiger partial charge in [0.15, 0.2) is 0 Å². The average molecular weight is 280 g/mol. The minimum Gasteiger partial charge on any atom is -0.389 e. The zero-order valence-corrected chi connectivity index (χ0v) is 10.8. The van der Waals surface area contributed by atoms with Gasteiger partial charge in [-0.3, -0.25) is 0 Å². The first kappa shape index (κ1) is 10.4. The number of para-hydroxylation sites is 1. The first-order valence-electron chi connectivity index (χ1n) is 5.55. The number of rotatable bonds is 2. The second-order valence-electron chi connectivity index (χ2n) is 4.74. The highest BCUT2D eigenvalue weighted by molar-refractivity contribution is 9.10. The van der Waals surface area contributed by atoms with Crippen LogP contribution in [0.15, 0.2) is 28.7 Å². The van der Waals surface area contributed by atoms with Crippen molar-refractivity contribution in [1.29, 1.82) is 0 Å². The molecule has 0 bridgehead atoms. The van der Waals surface area contributed by atoms with Crippen molar-refractivity contribution in [3.05, 3.63) is 34.4 Å². The first-order valence-corrected chi connectivity index (χ1v) is 6.34. The molecule has 1 aliphatic carbocycles. The van der Waals surface area contributed by atoms with Crippen LogP contribution in [0.3, 0.4) is 0 Å². The standard InChI is InChI=1S/C13H14BrNO/c1-15-10-5-3-2-4-9(10)12(14)11(15)8-13(16)6-7-13/h2-5,16H,6-8H2,1H3. The van der Waals surface area contributed by atoms with E-state index in [1.165, 1.54) is 16.6 Å². The molecule has 1 heterocycles. The van der Waals surface area contributed by atoms with Crippen LogP contribution in [0.2, 0.25) is 0 Å². The van der Waals surface area contributed by atoms with Gasteiger partial charge in [-0.05, 0) is 34.8 Å². The van der Waals surface area contributed by atoms with Gasteiger partial charge in [-0.15, -0.1) is 0 Å². The Labute approximate surface area is 103 Å². The number of hydrogen-bond donors (Lipinski definition) is 1. The topological polar surface area (TPSA) is 25.2 Å². The average Bonchev–Trinajstić information content (AvgIpc) is 2.97. The zero-order chi connectivity index (χ0) is 11.3. The van der Waals surface area contributed by atoms with Crippen molar-refractivity contribution in [3.63, 3.8) is 0 Å². The van der Waals surface area contributed by atoms with Gasteiger partial charge in [-0.2, -0.15) is 0 Å². The maximum Gasteiger partial charge on any atom is 0.0704 e. The Kier molecular flexibility index (Phi) is 2.17. The van der Waals surface area contributed by atoms with Crippen molar-refractivity contribution >= 4 is 26.8 Å². The fraction of sp³-hybridized carbons (Fsp3) is 0.385. The summed E-state index contributed by atoms with van der Waals surface area (Å²) in [7, 11) is 2.06. The Morgan fingerprint density at radius 2 is 2.06 bits per heavy atom. The van der Waals surface area contributed by atoms with Crippen LogP contribution in [0.25, 0.3) is 10.9 Å². The van der Waals surface area contributed by atoms with Gasteiger partial charge in [-0.25, -0.2) is 0 Å². The Morgan fingerprint density at radius 1 is 1.38 bits per heavy atom. The zero-order valence-electron chi connectivity index (χ0n) is 9.20. The lowest BCUT2D eigenvalue weighted by Crippen LogP contribution is -2.13. The molecule has 0 saturated heterocycles. The summed E-state index contributed by atoms with van der Waals surface area (Å²) in [5.41, 5.74) is 1.97. The van der Waals surface area contributed by atoms with Crippen molar-refractivity contribution in [2.75, 3.05) is 0 Å². The molecule has 2 aromatic rings. The van der Waals surface area contributed by atoms with Gasteiger partial charge in [0.05, 0.1) is 5.60 Å². The second kappa shape index (κ2) is 3.34. The number of aryl methyl sites for hydroxylation is 1. The van der Waals surface area contributed by atoms with Crippen LogP contribution in [-0.4, -0.2) is 15.3 Å². The molecule has 16 heavy (non-hydrogen) atoms. The summed E-state index contributed by atoms with van der Waals surface area (Å²) in [5.74, 6) is 0. The van der Waals surface area contributed by atoms with Gasteiger partial charge >= 0.3 is 0 Å². The molecule has 1 N–H and O–H groups in total. The van der Waals surface area contributed by atoms with Crippen LogP contribution >= 0.6 is 15.9 Å². The number of benzene rings is 1. The lowest BCUT2D eigenvalue weighted by Gasteiger charge is -2.09. The summed E-state index contributed by atoms with van der Waals surface area (Å²) in [5, 5.41) is 11.2. The van der Waals surface area contributed by atoms with E-state index < -0.39 is 5.60 Å². The molecule has 1 aliphatic rings. The molecular formula is C13H14BrNO. The monoisotopic (exact) mass is 279 g/mol. The number of aromatic nitrogens is 1.